The lowest BCUT2D eigenvalue weighted by atomic mass is 10.1. The first kappa shape index (κ1) is 19.4. The van der Waals surface area contributed by atoms with Gasteiger partial charge in [-0.1, -0.05) is 35.3 Å². The molecule has 2 amide bonds. The predicted molar refractivity (Wildman–Crippen MR) is 108 cm³/mol. The van der Waals surface area contributed by atoms with Gasteiger partial charge in [-0.2, -0.15) is 4.99 Å². The van der Waals surface area contributed by atoms with Gasteiger partial charge in [0, 0.05) is 36.3 Å². The fourth-order valence-corrected chi connectivity index (χ4v) is 3.46. The van der Waals surface area contributed by atoms with Crippen LogP contribution >= 0.6 is 34.5 Å². The molecule has 0 saturated carbocycles. The quantitative estimate of drug-likeness (QED) is 0.694. The summed E-state index contributed by atoms with van der Waals surface area (Å²) in [6.07, 6.45) is 1.85. The fraction of sp³-hybridized carbons (Fsp3) is 0.105. The van der Waals surface area contributed by atoms with Crippen LogP contribution in [0.1, 0.15) is 26.3 Å². The number of halogens is 2. The van der Waals surface area contributed by atoms with Gasteiger partial charge in [0.15, 0.2) is 4.80 Å². The van der Waals surface area contributed by atoms with E-state index in [-0.39, 0.29) is 5.91 Å². The summed E-state index contributed by atoms with van der Waals surface area (Å²) in [6, 6.07) is 12.0. The van der Waals surface area contributed by atoms with E-state index in [2.05, 4.69) is 10.3 Å². The van der Waals surface area contributed by atoms with Crippen LogP contribution in [-0.4, -0.2) is 23.4 Å². The molecule has 1 heterocycles. The third kappa shape index (κ3) is 4.66. The zero-order valence-electron chi connectivity index (χ0n) is 14.3. The Hall–Kier alpha value is -2.41. The largest absolute Gasteiger partial charge is 0.355 e. The van der Waals surface area contributed by atoms with Crippen molar-refractivity contribution in [3.63, 3.8) is 0 Å². The van der Waals surface area contributed by atoms with Gasteiger partial charge >= 0.3 is 0 Å². The van der Waals surface area contributed by atoms with Gasteiger partial charge in [-0.15, -0.1) is 11.3 Å². The van der Waals surface area contributed by atoms with E-state index < -0.39 is 5.91 Å². The third-order valence-corrected chi connectivity index (χ3v) is 5.33. The minimum Gasteiger partial charge on any atom is -0.355 e. The Morgan fingerprint density at radius 3 is 2.67 bits per heavy atom. The lowest BCUT2D eigenvalue weighted by Crippen LogP contribution is -2.19. The molecule has 0 spiro atoms. The fourth-order valence-electron chi connectivity index (χ4n) is 2.44. The SMILES string of the molecule is CNC(=O)c1cccc(Cn2ccsc2=NC(=O)c2ccc(Cl)c(Cl)c2)c1. The van der Waals surface area contributed by atoms with Gasteiger partial charge in [0.1, 0.15) is 0 Å². The molecule has 0 fully saturated rings. The van der Waals surface area contributed by atoms with Crippen LogP contribution in [0.5, 0.6) is 0 Å². The van der Waals surface area contributed by atoms with E-state index >= 15 is 0 Å². The van der Waals surface area contributed by atoms with E-state index in [1.807, 2.05) is 34.3 Å². The number of carbonyl (C=O) groups excluding carboxylic acids is 2. The Kier molecular flexibility index (Phi) is 6.11. The maximum Gasteiger partial charge on any atom is 0.279 e. The maximum atomic E-state index is 12.4. The van der Waals surface area contributed by atoms with Crippen molar-refractivity contribution in [2.75, 3.05) is 7.05 Å². The monoisotopic (exact) mass is 419 g/mol. The van der Waals surface area contributed by atoms with Crippen molar-refractivity contribution in [1.29, 1.82) is 0 Å². The first-order chi connectivity index (χ1) is 13.0. The minimum atomic E-state index is -0.399. The second-order valence-corrected chi connectivity index (χ2v) is 7.33. The summed E-state index contributed by atoms with van der Waals surface area (Å²) in [5.74, 6) is -0.546. The molecule has 5 nitrogen and oxygen atoms in total. The number of hydrogen-bond acceptors (Lipinski definition) is 3. The molecule has 8 heteroatoms. The van der Waals surface area contributed by atoms with E-state index in [1.165, 1.54) is 17.4 Å². The highest BCUT2D eigenvalue weighted by molar-refractivity contribution is 7.07. The number of nitrogens with zero attached hydrogens (tertiary/aromatic N) is 2. The first-order valence-electron chi connectivity index (χ1n) is 7.97. The highest BCUT2D eigenvalue weighted by Crippen LogP contribution is 2.22. The van der Waals surface area contributed by atoms with Gasteiger partial charge in [-0.25, -0.2) is 0 Å². The predicted octanol–water partition coefficient (Wildman–Crippen LogP) is 4.01. The molecule has 1 aromatic heterocycles. The first-order valence-corrected chi connectivity index (χ1v) is 9.60. The molecule has 0 radical (unpaired) electrons. The molecule has 0 aliphatic carbocycles. The second-order valence-electron chi connectivity index (χ2n) is 5.64. The number of benzene rings is 2. The zero-order chi connectivity index (χ0) is 19.4. The number of rotatable bonds is 4. The summed E-state index contributed by atoms with van der Waals surface area (Å²) in [5, 5.41) is 5.15. The average Bonchev–Trinajstić information content (AvgIpc) is 3.10. The molecule has 1 N–H and O–H groups in total. The van der Waals surface area contributed by atoms with Crippen molar-refractivity contribution >= 4 is 46.4 Å². The Bertz CT molecular complexity index is 1070. The van der Waals surface area contributed by atoms with Crippen LogP contribution in [-0.2, 0) is 6.54 Å². The molecular weight excluding hydrogens is 405 g/mol. The van der Waals surface area contributed by atoms with Crippen molar-refractivity contribution in [3.05, 3.63) is 85.6 Å². The number of thiazole rings is 1. The maximum absolute atomic E-state index is 12.4. The van der Waals surface area contributed by atoms with E-state index in [9.17, 15) is 9.59 Å². The Balaban J connectivity index is 1.87. The Morgan fingerprint density at radius 1 is 1.11 bits per heavy atom. The number of amides is 2. The van der Waals surface area contributed by atoms with E-state index in [1.54, 1.807) is 25.2 Å². The molecule has 0 aliphatic heterocycles. The summed E-state index contributed by atoms with van der Waals surface area (Å²) in [5.41, 5.74) is 1.88. The standard InChI is InChI=1S/C19H15Cl2N3O2S/c1-22-17(25)13-4-2-3-12(9-13)11-24-7-8-27-19(24)23-18(26)14-5-6-15(20)16(21)10-14/h2-10H,11H2,1H3,(H,22,25). The van der Waals surface area contributed by atoms with Crippen LogP contribution in [0.4, 0.5) is 0 Å². The van der Waals surface area contributed by atoms with Crippen LogP contribution in [0.25, 0.3) is 0 Å². The molecule has 138 valence electrons. The lowest BCUT2D eigenvalue weighted by Gasteiger charge is -2.06. The van der Waals surface area contributed by atoms with Crippen molar-refractivity contribution in [2.45, 2.75) is 6.54 Å². The number of carbonyl (C=O) groups is 2. The molecule has 0 bridgehead atoms. The molecule has 0 saturated heterocycles. The van der Waals surface area contributed by atoms with Crippen molar-refractivity contribution in [2.24, 2.45) is 4.99 Å². The Labute approximate surface area is 169 Å². The van der Waals surface area contributed by atoms with Crippen LogP contribution in [0.2, 0.25) is 10.0 Å². The van der Waals surface area contributed by atoms with Crippen LogP contribution in [0, 0.1) is 0 Å². The summed E-state index contributed by atoms with van der Waals surface area (Å²) >= 11 is 13.2. The average molecular weight is 420 g/mol. The van der Waals surface area contributed by atoms with Crippen molar-refractivity contribution < 1.29 is 9.59 Å². The van der Waals surface area contributed by atoms with Crippen LogP contribution in [0.3, 0.4) is 0 Å². The molecule has 2 aromatic carbocycles. The smallest absolute Gasteiger partial charge is 0.279 e. The second kappa shape index (κ2) is 8.52. The van der Waals surface area contributed by atoms with Crippen LogP contribution < -0.4 is 10.1 Å². The minimum absolute atomic E-state index is 0.146. The van der Waals surface area contributed by atoms with Gasteiger partial charge in [0.2, 0.25) is 0 Å². The van der Waals surface area contributed by atoms with Gasteiger partial charge < -0.3 is 9.88 Å². The molecule has 0 aliphatic rings. The van der Waals surface area contributed by atoms with Gasteiger partial charge in [0.05, 0.1) is 10.0 Å². The molecule has 3 rings (SSSR count). The lowest BCUT2D eigenvalue weighted by molar-refractivity contribution is 0.0961. The highest BCUT2D eigenvalue weighted by atomic mass is 35.5. The van der Waals surface area contributed by atoms with E-state index in [4.69, 9.17) is 23.2 Å². The zero-order valence-corrected chi connectivity index (χ0v) is 16.6. The van der Waals surface area contributed by atoms with Crippen molar-refractivity contribution in [3.8, 4) is 0 Å². The molecule has 3 aromatic rings. The normalized spacial score (nSPS) is 11.4. The van der Waals surface area contributed by atoms with Crippen LogP contribution in [0.15, 0.2) is 59.0 Å². The van der Waals surface area contributed by atoms with Crippen molar-refractivity contribution in [1.82, 2.24) is 9.88 Å². The number of aromatic nitrogens is 1. The van der Waals surface area contributed by atoms with Gasteiger partial charge in [0.25, 0.3) is 11.8 Å². The van der Waals surface area contributed by atoms with Gasteiger partial charge in [-0.3, -0.25) is 9.59 Å². The Morgan fingerprint density at radius 2 is 1.93 bits per heavy atom. The summed E-state index contributed by atoms with van der Waals surface area (Å²) in [7, 11) is 1.59. The molecular formula is C19H15Cl2N3O2S. The third-order valence-electron chi connectivity index (χ3n) is 3.79. The molecule has 0 unspecified atom stereocenters. The van der Waals surface area contributed by atoms with E-state index in [0.29, 0.717) is 32.5 Å². The van der Waals surface area contributed by atoms with E-state index in [0.717, 1.165) is 5.56 Å². The van der Waals surface area contributed by atoms with Gasteiger partial charge in [-0.05, 0) is 35.9 Å². The summed E-state index contributed by atoms with van der Waals surface area (Å²) < 4.78 is 1.85. The molecule has 27 heavy (non-hydrogen) atoms. The highest BCUT2D eigenvalue weighted by Gasteiger charge is 2.09. The topological polar surface area (TPSA) is 63.5 Å². The number of nitrogens with one attached hydrogen (secondary N) is 1. The number of hydrogen-bond donors (Lipinski definition) is 1. The summed E-state index contributed by atoms with van der Waals surface area (Å²) in [4.78, 5) is 29.0. The summed E-state index contributed by atoms with van der Waals surface area (Å²) in [6.45, 7) is 0.488. The molecule has 0 atom stereocenters.